The summed E-state index contributed by atoms with van der Waals surface area (Å²) in [5, 5.41) is 8.84. The van der Waals surface area contributed by atoms with Gasteiger partial charge in [0.25, 0.3) is 0 Å². The van der Waals surface area contributed by atoms with E-state index < -0.39 is 58.6 Å². The van der Waals surface area contributed by atoms with Gasteiger partial charge in [0.15, 0.2) is 0 Å². The molecule has 0 aliphatic heterocycles. The van der Waals surface area contributed by atoms with Gasteiger partial charge in [-0.1, -0.05) is 30.4 Å². The molecule has 0 aliphatic carbocycles. The summed E-state index contributed by atoms with van der Waals surface area (Å²) in [6.45, 7) is 0. The van der Waals surface area contributed by atoms with E-state index in [1.807, 2.05) is 0 Å². The fraction of sp³-hybridized carbons (Fsp3) is 0.211. The van der Waals surface area contributed by atoms with Gasteiger partial charge in [-0.3, -0.25) is 0 Å². The summed E-state index contributed by atoms with van der Waals surface area (Å²) < 4.78 is 120. The predicted molar refractivity (Wildman–Crippen MR) is 89.4 cm³/mol. The normalized spacial score (nSPS) is 14.0. The molecule has 0 heterocycles. The molecule has 0 saturated heterocycles. The average molecular weight is 458 g/mol. The molecule has 2 rings (SSSR count). The summed E-state index contributed by atoms with van der Waals surface area (Å²) in [6.07, 6.45) is -14.1. The van der Waals surface area contributed by atoms with Gasteiger partial charge >= 0.3 is 24.7 Å². The first kappa shape index (κ1) is 24.1. The summed E-state index contributed by atoms with van der Waals surface area (Å²) in [5.74, 6) is -5.26. The minimum absolute atomic E-state index is 0.358. The van der Waals surface area contributed by atoms with Crippen molar-refractivity contribution in [3.8, 4) is 5.75 Å². The Bertz CT molecular complexity index is 973. The van der Waals surface area contributed by atoms with Crippen LogP contribution in [0.15, 0.2) is 48.5 Å². The first-order chi connectivity index (χ1) is 14.1. The number of carboxylic acid groups (broad SMARTS) is 1. The molecule has 1 atom stereocenters. The van der Waals surface area contributed by atoms with Crippen LogP contribution >= 0.6 is 0 Å². The van der Waals surface area contributed by atoms with Crippen LogP contribution in [0.3, 0.4) is 0 Å². The number of carbonyl (C=O) groups is 1. The third kappa shape index (κ3) is 6.66. The van der Waals surface area contributed by atoms with Crippen LogP contribution in [0, 0.1) is 0 Å². The van der Waals surface area contributed by atoms with Crippen molar-refractivity contribution in [3.05, 3.63) is 70.8 Å². The van der Waals surface area contributed by atoms with Gasteiger partial charge in [0.2, 0.25) is 0 Å². The summed E-state index contributed by atoms with van der Waals surface area (Å²) in [4.78, 5) is 10.9. The average Bonchev–Trinajstić information content (AvgIpc) is 2.58. The molecular weight excluding hydrogens is 447 g/mol. The van der Waals surface area contributed by atoms with Gasteiger partial charge in [-0.2, -0.15) is 26.3 Å². The molecule has 0 saturated carbocycles. The van der Waals surface area contributed by atoms with Gasteiger partial charge in [0, 0.05) is 0 Å². The number of allylic oxidation sites excluding steroid dienone is 1. The lowest BCUT2D eigenvalue weighted by molar-refractivity contribution is -0.274. The lowest BCUT2D eigenvalue weighted by Gasteiger charge is -2.18. The first-order valence-electron chi connectivity index (χ1n) is 8.13. The van der Waals surface area contributed by atoms with Crippen molar-refractivity contribution in [2.24, 2.45) is 0 Å². The SMILES string of the molecule is O=C(O)c1ccc(C=CC(c2cccc(OC(F)(F)F)c2)C(F)(F)F)cc1C(F)(F)F. The second-order valence-corrected chi connectivity index (χ2v) is 6.11. The molecule has 0 amide bonds. The number of benzene rings is 2. The van der Waals surface area contributed by atoms with Gasteiger partial charge in [-0.05, 0) is 35.4 Å². The Labute approximate surface area is 168 Å². The molecule has 168 valence electrons. The van der Waals surface area contributed by atoms with E-state index in [1.165, 1.54) is 0 Å². The lowest BCUT2D eigenvalue weighted by atomic mass is 9.96. The largest absolute Gasteiger partial charge is 0.573 e. The zero-order valence-corrected chi connectivity index (χ0v) is 14.9. The maximum atomic E-state index is 13.4. The minimum atomic E-state index is -5.14. The lowest BCUT2D eigenvalue weighted by Crippen LogP contribution is -2.20. The van der Waals surface area contributed by atoms with Crippen molar-refractivity contribution in [1.82, 2.24) is 0 Å². The summed E-state index contributed by atoms with van der Waals surface area (Å²) in [5.41, 5.74) is -3.70. The van der Waals surface area contributed by atoms with Crippen LogP contribution < -0.4 is 4.74 Å². The van der Waals surface area contributed by atoms with Crippen LogP contribution in [0.2, 0.25) is 0 Å². The van der Waals surface area contributed by atoms with Crippen molar-refractivity contribution in [3.63, 3.8) is 0 Å². The third-order valence-corrected chi connectivity index (χ3v) is 3.86. The molecule has 0 aliphatic rings. The quantitative estimate of drug-likeness (QED) is 0.510. The van der Waals surface area contributed by atoms with Crippen molar-refractivity contribution < 1.29 is 54.2 Å². The number of hydrogen-bond donors (Lipinski definition) is 1. The molecule has 0 fully saturated rings. The molecular formula is C19H11F9O3. The third-order valence-electron chi connectivity index (χ3n) is 3.86. The Hall–Kier alpha value is -3.18. The number of aromatic carboxylic acids is 1. The molecule has 0 aromatic heterocycles. The fourth-order valence-corrected chi connectivity index (χ4v) is 2.61. The highest BCUT2D eigenvalue weighted by molar-refractivity contribution is 5.90. The highest BCUT2D eigenvalue weighted by atomic mass is 19.4. The second-order valence-electron chi connectivity index (χ2n) is 6.11. The Morgan fingerprint density at radius 3 is 2.10 bits per heavy atom. The van der Waals surface area contributed by atoms with Gasteiger partial charge in [0.1, 0.15) is 5.75 Å². The highest BCUT2D eigenvalue weighted by Gasteiger charge is 2.40. The second kappa shape index (κ2) is 8.52. The van der Waals surface area contributed by atoms with Crippen LogP contribution in [0.25, 0.3) is 6.08 Å². The van der Waals surface area contributed by atoms with Crippen molar-refractivity contribution >= 4 is 12.0 Å². The monoisotopic (exact) mass is 458 g/mol. The topological polar surface area (TPSA) is 46.5 Å². The van der Waals surface area contributed by atoms with Gasteiger partial charge in [0.05, 0.1) is 17.0 Å². The number of rotatable bonds is 5. The van der Waals surface area contributed by atoms with Gasteiger partial charge in [-0.25, -0.2) is 4.79 Å². The van der Waals surface area contributed by atoms with Crippen molar-refractivity contribution in [1.29, 1.82) is 0 Å². The van der Waals surface area contributed by atoms with E-state index in [0.717, 1.165) is 24.3 Å². The molecule has 3 nitrogen and oxygen atoms in total. The van der Waals surface area contributed by atoms with Crippen LogP contribution in [-0.2, 0) is 6.18 Å². The molecule has 2 aromatic rings. The van der Waals surface area contributed by atoms with E-state index >= 15 is 0 Å². The Kier molecular flexibility index (Phi) is 6.62. The molecule has 2 aromatic carbocycles. The minimum Gasteiger partial charge on any atom is -0.478 e. The van der Waals surface area contributed by atoms with E-state index in [2.05, 4.69) is 4.74 Å². The molecule has 0 bridgehead atoms. The van der Waals surface area contributed by atoms with Crippen LogP contribution in [0.5, 0.6) is 5.75 Å². The smallest absolute Gasteiger partial charge is 0.478 e. The van der Waals surface area contributed by atoms with E-state index in [1.54, 1.807) is 0 Å². The maximum absolute atomic E-state index is 13.4. The van der Waals surface area contributed by atoms with E-state index in [4.69, 9.17) is 5.11 Å². The number of ether oxygens (including phenoxy) is 1. The first-order valence-corrected chi connectivity index (χ1v) is 8.13. The molecule has 12 heteroatoms. The fourth-order valence-electron chi connectivity index (χ4n) is 2.61. The number of alkyl halides is 9. The standard InChI is InChI=1S/C19H11F9O3/c20-17(21,22)14(11-2-1-3-12(9-11)31-19(26,27)28)7-5-10-4-6-13(16(29)30)15(8-10)18(23,24)25/h1-9,14H,(H,29,30). The van der Waals surface area contributed by atoms with Crippen LogP contribution in [0.4, 0.5) is 39.5 Å². The zero-order valence-electron chi connectivity index (χ0n) is 14.9. The molecule has 1 N–H and O–H groups in total. The van der Waals surface area contributed by atoms with E-state index in [9.17, 15) is 44.3 Å². The Morgan fingerprint density at radius 2 is 1.58 bits per heavy atom. The Balaban J connectivity index is 2.45. The maximum Gasteiger partial charge on any atom is 0.573 e. The van der Waals surface area contributed by atoms with Gasteiger partial charge < -0.3 is 9.84 Å². The van der Waals surface area contributed by atoms with Crippen molar-refractivity contribution in [2.75, 3.05) is 0 Å². The number of hydrogen-bond acceptors (Lipinski definition) is 2. The number of halogens is 9. The highest BCUT2D eigenvalue weighted by Crippen LogP contribution is 2.39. The van der Waals surface area contributed by atoms with Gasteiger partial charge in [-0.15, -0.1) is 13.2 Å². The van der Waals surface area contributed by atoms with Crippen molar-refractivity contribution in [2.45, 2.75) is 24.6 Å². The molecule has 0 radical (unpaired) electrons. The van der Waals surface area contributed by atoms with E-state index in [-0.39, 0.29) is 0 Å². The summed E-state index contributed by atoms with van der Waals surface area (Å²) >= 11 is 0. The van der Waals surface area contributed by atoms with Crippen LogP contribution in [0.1, 0.15) is 33.0 Å². The van der Waals surface area contributed by atoms with Crippen LogP contribution in [-0.4, -0.2) is 23.6 Å². The predicted octanol–water partition coefficient (Wildman–Crippen LogP) is 6.66. The molecule has 31 heavy (non-hydrogen) atoms. The number of carboxylic acids is 1. The molecule has 0 spiro atoms. The molecule has 1 unspecified atom stereocenters. The summed E-state index contributed by atoms with van der Waals surface area (Å²) in [6, 6.07) is 4.87. The Morgan fingerprint density at radius 1 is 0.935 bits per heavy atom. The zero-order chi connectivity index (χ0) is 23.6. The van der Waals surface area contributed by atoms with E-state index in [0.29, 0.717) is 30.4 Å². The summed E-state index contributed by atoms with van der Waals surface area (Å²) in [7, 11) is 0.